The molecule has 0 saturated carbocycles. The second kappa shape index (κ2) is 6.96. The summed E-state index contributed by atoms with van der Waals surface area (Å²) in [7, 11) is 0. The van der Waals surface area contributed by atoms with E-state index in [1.54, 1.807) is 0 Å². The summed E-state index contributed by atoms with van der Waals surface area (Å²) in [5, 5.41) is 4.29. The summed E-state index contributed by atoms with van der Waals surface area (Å²) in [6.45, 7) is 3.96. The first-order valence-corrected chi connectivity index (χ1v) is 7.93. The number of rotatable bonds is 5. The standard InChI is InChI=1S/C15H22N2OS/c1-11-8-12(15(16)18)5-6-13(11)9-17-10-14-4-2-3-7-19-14/h5-6,8,14,17H,2-4,7,9-10H2,1H3,(H2,16,18). The highest BCUT2D eigenvalue weighted by Gasteiger charge is 2.13. The van der Waals surface area contributed by atoms with Crippen LogP contribution in [0.5, 0.6) is 0 Å². The number of carbonyl (C=O) groups excluding carboxylic acids is 1. The van der Waals surface area contributed by atoms with Gasteiger partial charge in [0.25, 0.3) is 0 Å². The highest BCUT2D eigenvalue weighted by Crippen LogP contribution is 2.24. The predicted octanol–water partition coefficient (Wildman–Crippen LogP) is 2.47. The summed E-state index contributed by atoms with van der Waals surface area (Å²) >= 11 is 2.09. The van der Waals surface area contributed by atoms with Crippen LogP contribution in [0.4, 0.5) is 0 Å². The molecule has 0 radical (unpaired) electrons. The Hall–Kier alpha value is -1.000. The zero-order chi connectivity index (χ0) is 13.7. The second-order valence-corrected chi connectivity index (χ2v) is 6.53. The number of nitrogens with one attached hydrogen (secondary N) is 1. The molecule has 1 aliphatic rings. The fourth-order valence-electron chi connectivity index (χ4n) is 2.38. The van der Waals surface area contributed by atoms with Gasteiger partial charge in [-0.05, 0) is 48.8 Å². The van der Waals surface area contributed by atoms with Gasteiger partial charge in [0.15, 0.2) is 0 Å². The van der Waals surface area contributed by atoms with Gasteiger partial charge in [-0.2, -0.15) is 11.8 Å². The lowest BCUT2D eigenvalue weighted by atomic mass is 10.0. The van der Waals surface area contributed by atoms with Gasteiger partial charge < -0.3 is 11.1 Å². The Balaban J connectivity index is 1.83. The summed E-state index contributed by atoms with van der Waals surface area (Å²) in [5.74, 6) is 0.944. The molecule has 1 unspecified atom stereocenters. The smallest absolute Gasteiger partial charge is 0.248 e. The zero-order valence-electron chi connectivity index (χ0n) is 11.4. The maximum atomic E-state index is 11.1. The summed E-state index contributed by atoms with van der Waals surface area (Å²) < 4.78 is 0. The first-order valence-electron chi connectivity index (χ1n) is 6.88. The monoisotopic (exact) mass is 278 g/mol. The minimum atomic E-state index is -0.360. The molecule has 0 aromatic heterocycles. The van der Waals surface area contributed by atoms with Crippen molar-refractivity contribution in [2.24, 2.45) is 5.73 Å². The SMILES string of the molecule is Cc1cc(C(N)=O)ccc1CNCC1CCCCS1. The number of amides is 1. The molecule has 1 heterocycles. The maximum absolute atomic E-state index is 11.1. The number of hydrogen-bond acceptors (Lipinski definition) is 3. The van der Waals surface area contributed by atoms with Crippen LogP contribution < -0.4 is 11.1 Å². The molecule has 1 atom stereocenters. The van der Waals surface area contributed by atoms with E-state index in [0.29, 0.717) is 5.56 Å². The molecular weight excluding hydrogens is 256 g/mol. The van der Waals surface area contributed by atoms with Gasteiger partial charge in [0.1, 0.15) is 0 Å². The molecule has 4 heteroatoms. The Morgan fingerprint density at radius 1 is 1.47 bits per heavy atom. The third kappa shape index (κ3) is 4.25. The van der Waals surface area contributed by atoms with Gasteiger partial charge in [0.2, 0.25) is 5.91 Å². The maximum Gasteiger partial charge on any atom is 0.248 e. The minimum Gasteiger partial charge on any atom is -0.366 e. The van der Waals surface area contributed by atoms with E-state index in [1.807, 2.05) is 25.1 Å². The first-order chi connectivity index (χ1) is 9.16. The molecule has 2 rings (SSSR count). The van der Waals surface area contributed by atoms with Crippen molar-refractivity contribution in [2.45, 2.75) is 38.0 Å². The van der Waals surface area contributed by atoms with E-state index in [2.05, 4.69) is 17.1 Å². The van der Waals surface area contributed by atoms with Crippen molar-refractivity contribution in [2.75, 3.05) is 12.3 Å². The Bertz CT molecular complexity index is 442. The van der Waals surface area contributed by atoms with Crippen LogP contribution >= 0.6 is 11.8 Å². The molecule has 19 heavy (non-hydrogen) atoms. The van der Waals surface area contributed by atoms with Gasteiger partial charge in [0.05, 0.1) is 0 Å². The third-order valence-electron chi connectivity index (χ3n) is 3.59. The molecule has 1 aromatic rings. The van der Waals surface area contributed by atoms with Gasteiger partial charge >= 0.3 is 0 Å². The molecule has 0 aliphatic carbocycles. The lowest BCUT2D eigenvalue weighted by Crippen LogP contribution is -2.26. The van der Waals surface area contributed by atoms with E-state index in [1.165, 1.54) is 30.6 Å². The van der Waals surface area contributed by atoms with Crippen LogP contribution in [0.1, 0.15) is 40.7 Å². The number of carbonyl (C=O) groups is 1. The van der Waals surface area contributed by atoms with Gasteiger partial charge in [0, 0.05) is 23.9 Å². The van der Waals surface area contributed by atoms with E-state index in [4.69, 9.17) is 5.73 Å². The second-order valence-electron chi connectivity index (χ2n) is 5.12. The average Bonchev–Trinajstić information content (AvgIpc) is 2.41. The number of thioether (sulfide) groups is 1. The largest absolute Gasteiger partial charge is 0.366 e. The number of benzene rings is 1. The summed E-state index contributed by atoms with van der Waals surface area (Å²) in [6, 6.07) is 5.67. The molecule has 104 valence electrons. The molecule has 1 amide bonds. The van der Waals surface area contributed by atoms with E-state index in [0.717, 1.165) is 23.9 Å². The van der Waals surface area contributed by atoms with Crippen molar-refractivity contribution >= 4 is 17.7 Å². The van der Waals surface area contributed by atoms with E-state index < -0.39 is 0 Å². The van der Waals surface area contributed by atoms with Crippen molar-refractivity contribution in [3.63, 3.8) is 0 Å². The Morgan fingerprint density at radius 2 is 2.32 bits per heavy atom. The fraction of sp³-hybridized carbons (Fsp3) is 0.533. The minimum absolute atomic E-state index is 0.360. The Labute approximate surface area is 119 Å². The van der Waals surface area contributed by atoms with E-state index in [-0.39, 0.29) is 5.91 Å². The fourth-order valence-corrected chi connectivity index (χ4v) is 3.66. The summed E-state index contributed by atoms with van der Waals surface area (Å²) in [5.41, 5.74) is 8.23. The third-order valence-corrected chi connectivity index (χ3v) is 4.99. The quantitative estimate of drug-likeness (QED) is 0.870. The van der Waals surface area contributed by atoms with Crippen LogP contribution in [0.2, 0.25) is 0 Å². The first kappa shape index (κ1) is 14.4. The number of primary amides is 1. The predicted molar refractivity (Wildman–Crippen MR) is 81.5 cm³/mol. The molecule has 1 saturated heterocycles. The molecule has 0 bridgehead atoms. The Kier molecular flexibility index (Phi) is 5.28. The topological polar surface area (TPSA) is 55.1 Å². The van der Waals surface area contributed by atoms with E-state index in [9.17, 15) is 4.79 Å². The molecule has 1 aromatic carbocycles. The van der Waals surface area contributed by atoms with E-state index >= 15 is 0 Å². The molecule has 1 fully saturated rings. The van der Waals surface area contributed by atoms with Crippen molar-refractivity contribution in [3.8, 4) is 0 Å². The summed E-state index contributed by atoms with van der Waals surface area (Å²) in [6.07, 6.45) is 4.07. The van der Waals surface area contributed by atoms with Crippen molar-refractivity contribution in [1.82, 2.24) is 5.32 Å². The highest BCUT2D eigenvalue weighted by atomic mass is 32.2. The molecule has 3 nitrogen and oxygen atoms in total. The van der Waals surface area contributed by atoms with Gasteiger partial charge in [-0.1, -0.05) is 12.5 Å². The number of aryl methyl sites for hydroxylation is 1. The average molecular weight is 278 g/mol. The zero-order valence-corrected chi connectivity index (χ0v) is 12.3. The van der Waals surface area contributed by atoms with Crippen molar-refractivity contribution in [1.29, 1.82) is 0 Å². The van der Waals surface area contributed by atoms with Crippen molar-refractivity contribution < 1.29 is 4.79 Å². The van der Waals surface area contributed by atoms with Crippen LogP contribution in [0, 0.1) is 6.92 Å². The molecule has 3 N–H and O–H groups in total. The Morgan fingerprint density at radius 3 is 2.95 bits per heavy atom. The highest BCUT2D eigenvalue weighted by molar-refractivity contribution is 7.99. The normalized spacial score (nSPS) is 19.3. The molecule has 0 spiro atoms. The van der Waals surface area contributed by atoms with Crippen LogP contribution in [-0.2, 0) is 6.54 Å². The van der Waals surface area contributed by atoms with Crippen LogP contribution in [0.3, 0.4) is 0 Å². The van der Waals surface area contributed by atoms with Crippen molar-refractivity contribution in [3.05, 3.63) is 34.9 Å². The van der Waals surface area contributed by atoms with Gasteiger partial charge in [-0.3, -0.25) is 4.79 Å². The van der Waals surface area contributed by atoms with Crippen LogP contribution in [-0.4, -0.2) is 23.5 Å². The summed E-state index contributed by atoms with van der Waals surface area (Å²) in [4.78, 5) is 11.1. The number of nitrogens with two attached hydrogens (primary N) is 1. The number of hydrogen-bond donors (Lipinski definition) is 2. The lowest BCUT2D eigenvalue weighted by Gasteiger charge is -2.21. The molecule has 1 aliphatic heterocycles. The van der Waals surface area contributed by atoms with Crippen LogP contribution in [0.15, 0.2) is 18.2 Å². The van der Waals surface area contributed by atoms with Gasteiger partial charge in [-0.25, -0.2) is 0 Å². The van der Waals surface area contributed by atoms with Crippen LogP contribution in [0.25, 0.3) is 0 Å². The lowest BCUT2D eigenvalue weighted by molar-refractivity contribution is 0.1000. The van der Waals surface area contributed by atoms with Gasteiger partial charge in [-0.15, -0.1) is 0 Å². The molecular formula is C15H22N2OS.